The van der Waals surface area contributed by atoms with Crippen molar-refractivity contribution in [2.45, 2.75) is 66.3 Å². The monoisotopic (exact) mass is 365 g/mol. The van der Waals surface area contributed by atoms with Crippen molar-refractivity contribution in [3.63, 3.8) is 0 Å². The first kappa shape index (κ1) is 19.6. The Balaban J connectivity index is 2.25. The summed E-state index contributed by atoms with van der Waals surface area (Å²) in [7, 11) is 0. The van der Waals surface area contributed by atoms with Gasteiger partial charge in [-0.3, -0.25) is 4.98 Å². The van der Waals surface area contributed by atoms with E-state index in [0.29, 0.717) is 5.92 Å². The lowest BCUT2D eigenvalue weighted by Gasteiger charge is -2.16. The van der Waals surface area contributed by atoms with Gasteiger partial charge in [0.2, 0.25) is 0 Å². The molecule has 0 spiro atoms. The third-order valence-electron chi connectivity index (χ3n) is 5.36. The molecule has 0 fully saturated rings. The molecule has 0 aliphatic heterocycles. The number of aromatic nitrogens is 3. The molecule has 0 aromatic carbocycles. The summed E-state index contributed by atoms with van der Waals surface area (Å²) in [6.07, 6.45) is 3.90. The van der Waals surface area contributed by atoms with Crippen molar-refractivity contribution in [3.05, 3.63) is 46.9 Å². The second-order valence-electron chi connectivity index (χ2n) is 7.71. The molecule has 0 aliphatic rings. The van der Waals surface area contributed by atoms with Crippen molar-refractivity contribution in [2.24, 2.45) is 0 Å². The van der Waals surface area contributed by atoms with Gasteiger partial charge in [0.1, 0.15) is 0 Å². The molecule has 0 unspecified atom stereocenters. The lowest BCUT2D eigenvalue weighted by atomic mass is 9.98. The Morgan fingerprint density at radius 3 is 2.41 bits per heavy atom. The van der Waals surface area contributed by atoms with E-state index < -0.39 is 0 Å². The molecule has 3 aromatic rings. The van der Waals surface area contributed by atoms with Crippen molar-refractivity contribution in [1.29, 1.82) is 0 Å². The SMILES string of the molecule is CCc1cc2c(nc1-c1ccc(C(C)C)nc1CC)c(C)cn2[C@@H](C)CO. The van der Waals surface area contributed by atoms with Crippen LogP contribution < -0.4 is 0 Å². The maximum atomic E-state index is 9.61. The van der Waals surface area contributed by atoms with Gasteiger partial charge < -0.3 is 9.67 Å². The number of pyridine rings is 2. The molecular weight excluding hydrogens is 334 g/mol. The van der Waals surface area contributed by atoms with E-state index in [1.165, 1.54) is 5.56 Å². The molecular formula is C23H31N3O. The number of hydrogen-bond acceptors (Lipinski definition) is 3. The molecule has 0 saturated heterocycles. The molecule has 0 aliphatic carbocycles. The highest BCUT2D eigenvalue weighted by Crippen LogP contribution is 2.32. The van der Waals surface area contributed by atoms with Gasteiger partial charge in [-0.2, -0.15) is 0 Å². The zero-order valence-corrected chi connectivity index (χ0v) is 17.4. The van der Waals surface area contributed by atoms with Crippen molar-refractivity contribution in [1.82, 2.24) is 14.5 Å². The van der Waals surface area contributed by atoms with Crippen molar-refractivity contribution >= 4 is 11.0 Å². The highest BCUT2D eigenvalue weighted by Gasteiger charge is 2.18. The van der Waals surface area contributed by atoms with Gasteiger partial charge in [-0.1, -0.05) is 27.7 Å². The molecule has 1 N–H and O–H groups in total. The zero-order chi connectivity index (χ0) is 19.7. The summed E-state index contributed by atoms with van der Waals surface area (Å²) >= 11 is 0. The standard InChI is InChI=1S/C23H31N3O/c1-7-17-11-21-22(15(5)12-26(21)16(6)13-27)25-23(17)18-9-10-20(14(3)4)24-19(18)8-2/h9-12,14,16,27H,7-8,13H2,1-6H3/t16-/m0/s1. The van der Waals surface area contributed by atoms with E-state index in [9.17, 15) is 5.11 Å². The predicted octanol–water partition coefficient (Wildman–Crippen LogP) is 5.21. The third-order valence-corrected chi connectivity index (χ3v) is 5.36. The maximum Gasteiger partial charge on any atom is 0.0917 e. The summed E-state index contributed by atoms with van der Waals surface area (Å²) in [5.41, 5.74) is 8.90. The van der Waals surface area contributed by atoms with E-state index in [4.69, 9.17) is 9.97 Å². The van der Waals surface area contributed by atoms with E-state index in [1.54, 1.807) is 0 Å². The van der Waals surface area contributed by atoms with Gasteiger partial charge in [0.15, 0.2) is 0 Å². The van der Waals surface area contributed by atoms with Crippen molar-refractivity contribution < 1.29 is 5.11 Å². The number of fused-ring (bicyclic) bond motifs is 1. The first-order chi connectivity index (χ1) is 12.9. The Bertz CT molecular complexity index is 956. The Morgan fingerprint density at radius 2 is 1.81 bits per heavy atom. The van der Waals surface area contributed by atoms with Crippen LogP contribution >= 0.6 is 0 Å². The Morgan fingerprint density at radius 1 is 1.07 bits per heavy atom. The summed E-state index contributed by atoms with van der Waals surface area (Å²) in [6, 6.07) is 6.61. The molecule has 3 rings (SSSR count). The van der Waals surface area contributed by atoms with E-state index >= 15 is 0 Å². The van der Waals surface area contributed by atoms with Crippen LogP contribution in [-0.2, 0) is 12.8 Å². The minimum atomic E-state index is 0.0387. The summed E-state index contributed by atoms with van der Waals surface area (Å²) in [6.45, 7) is 12.9. The first-order valence-electron chi connectivity index (χ1n) is 10.0. The fraction of sp³-hybridized carbons (Fsp3) is 0.478. The lowest BCUT2D eigenvalue weighted by molar-refractivity contribution is 0.241. The fourth-order valence-electron chi connectivity index (χ4n) is 3.65. The fourth-order valence-corrected chi connectivity index (χ4v) is 3.65. The predicted molar refractivity (Wildman–Crippen MR) is 112 cm³/mol. The molecule has 0 saturated carbocycles. The van der Waals surface area contributed by atoms with Crippen LogP contribution in [0.3, 0.4) is 0 Å². The lowest BCUT2D eigenvalue weighted by Crippen LogP contribution is -2.08. The average Bonchev–Trinajstić information content (AvgIpc) is 3.01. The molecule has 1 atom stereocenters. The number of aliphatic hydroxyl groups excluding tert-OH is 1. The zero-order valence-electron chi connectivity index (χ0n) is 17.4. The Hall–Kier alpha value is -2.20. The van der Waals surface area contributed by atoms with Crippen LogP contribution in [0.1, 0.15) is 69.1 Å². The largest absolute Gasteiger partial charge is 0.394 e. The number of aryl methyl sites for hydroxylation is 3. The Labute approximate surface area is 162 Å². The number of hydrogen-bond donors (Lipinski definition) is 1. The molecule has 3 heterocycles. The molecule has 4 nitrogen and oxygen atoms in total. The van der Waals surface area contributed by atoms with Crippen LogP contribution in [0, 0.1) is 6.92 Å². The Kier molecular flexibility index (Phi) is 5.66. The van der Waals surface area contributed by atoms with Crippen LogP contribution in [0.15, 0.2) is 24.4 Å². The van der Waals surface area contributed by atoms with E-state index in [2.05, 4.69) is 63.6 Å². The van der Waals surface area contributed by atoms with Gasteiger partial charge in [0.25, 0.3) is 0 Å². The molecule has 27 heavy (non-hydrogen) atoms. The topological polar surface area (TPSA) is 50.9 Å². The van der Waals surface area contributed by atoms with E-state index in [0.717, 1.165) is 52.1 Å². The quantitative estimate of drug-likeness (QED) is 0.652. The van der Waals surface area contributed by atoms with E-state index in [1.807, 2.05) is 6.92 Å². The number of aliphatic hydroxyl groups is 1. The van der Waals surface area contributed by atoms with E-state index in [-0.39, 0.29) is 12.6 Å². The van der Waals surface area contributed by atoms with Crippen LogP contribution in [0.25, 0.3) is 22.3 Å². The maximum absolute atomic E-state index is 9.61. The summed E-state index contributed by atoms with van der Waals surface area (Å²) in [4.78, 5) is 10.0. The first-order valence-corrected chi connectivity index (χ1v) is 10.0. The minimum Gasteiger partial charge on any atom is -0.394 e. The van der Waals surface area contributed by atoms with Gasteiger partial charge in [0, 0.05) is 23.1 Å². The van der Waals surface area contributed by atoms with Crippen molar-refractivity contribution in [2.75, 3.05) is 6.61 Å². The smallest absolute Gasteiger partial charge is 0.0917 e. The highest BCUT2D eigenvalue weighted by molar-refractivity contribution is 5.84. The third kappa shape index (κ3) is 3.51. The van der Waals surface area contributed by atoms with Crippen LogP contribution in [0.4, 0.5) is 0 Å². The van der Waals surface area contributed by atoms with Gasteiger partial charge in [-0.15, -0.1) is 0 Å². The molecule has 0 amide bonds. The van der Waals surface area contributed by atoms with Crippen LogP contribution in [0.5, 0.6) is 0 Å². The minimum absolute atomic E-state index is 0.0387. The van der Waals surface area contributed by atoms with Gasteiger partial charge >= 0.3 is 0 Å². The highest BCUT2D eigenvalue weighted by atomic mass is 16.3. The normalized spacial score (nSPS) is 12.9. The average molecular weight is 366 g/mol. The van der Waals surface area contributed by atoms with Gasteiger partial charge in [0.05, 0.1) is 29.4 Å². The van der Waals surface area contributed by atoms with Gasteiger partial charge in [-0.05, 0) is 61.9 Å². The molecule has 144 valence electrons. The molecule has 0 radical (unpaired) electrons. The second kappa shape index (κ2) is 7.81. The summed E-state index contributed by atoms with van der Waals surface area (Å²) < 4.78 is 2.14. The number of nitrogens with zero attached hydrogens (tertiary/aromatic N) is 3. The number of rotatable bonds is 6. The van der Waals surface area contributed by atoms with Gasteiger partial charge in [-0.25, -0.2) is 4.98 Å². The summed E-state index contributed by atoms with van der Waals surface area (Å²) in [5, 5.41) is 9.61. The van der Waals surface area contributed by atoms with Crippen molar-refractivity contribution in [3.8, 4) is 11.3 Å². The molecule has 3 aromatic heterocycles. The van der Waals surface area contributed by atoms with Crippen LogP contribution in [-0.4, -0.2) is 26.2 Å². The second-order valence-corrected chi connectivity index (χ2v) is 7.71. The molecule has 4 heteroatoms. The van der Waals surface area contributed by atoms with Crippen LogP contribution in [0.2, 0.25) is 0 Å². The summed E-state index contributed by atoms with van der Waals surface area (Å²) in [5.74, 6) is 0.418. The molecule has 0 bridgehead atoms.